The van der Waals surface area contributed by atoms with Crippen molar-refractivity contribution in [2.24, 2.45) is 0 Å². The number of fused-ring (bicyclic) bond motifs is 1. The molecule has 0 bridgehead atoms. The summed E-state index contributed by atoms with van der Waals surface area (Å²) in [6, 6.07) is 27.2. The Balaban J connectivity index is 1.53. The van der Waals surface area contributed by atoms with Crippen molar-refractivity contribution in [2.45, 2.75) is 37.5 Å². The number of hydrogen-bond acceptors (Lipinski definition) is 4. The molecule has 0 fully saturated rings. The highest BCUT2D eigenvalue weighted by Crippen LogP contribution is 2.22. The maximum Gasteiger partial charge on any atom is 0.262 e. The Morgan fingerprint density at radius 1 is 0.939 bits per heavy atom. The van der Waals surface area contributed by atoms with E-state index in [1.165, 1.54) is 11.8 Å². The van der Waals surface area contributed by atoms with Gasteiger partial charge in [0.05, 0.1) is 22.7 Å². The zero-order valence-electron chi connectivity index (χ0n) is 18.8. The first kappa shape index (κ1) is 22.8. The molecule has 1 atom stereocenters. The number of rotatable bonds is 8. The van der Waals surface area contributed by atoms with Crippen LogP contribution >= 0.6 is 11.8 Å². The van der Waals surface area contributed by atoms with Gasteiger partial charge in [-0.25, -0.2) is 4.98 Å². The third kappa shape index (κ3) is 5.52. The van der Waals surface area contributed by atoms with Gasteiger partial charge in [-0.05, 0) is 43.5 Å². The van der Waals surface area contributed by atoms with Crippen molar-refractivity contribution in [1.82, 2.24) is 14.9 Å². The Morgan fingerprint density at radius 3 is 2.27 bits per heavy atom. The summed E-state index contributed by atoms with van der Waals surface area (Å²) in [5.41, 5.74) is 2.78. The van der Waals surface area contributed by atoms with Gasteiger partial charge < -0.3 is 5.32 Å². The highest BCUT2D eigenvalue weighted by atomic mass is 32.2. The van der Waals surface area contributed by atoms with Gasteiger partial charge in [0.25, 0.3) is 5.56 Å². The van der Waals surface area contributed by atoms with E-state index in [0.717, 1.165) is 11.1 Å². The molecule has 1 heterocycles. The van der Waals surface area contributed by atoms with Crippen LogP contribution in [0.2, 0.25) is 0 Å². The number of carbonyl (C=O) groups excluding carboxylic acids is 1. The van der Waals surface area contributed by atoms with Crippen LogP contribution in [0.4, 0.5) is 0 Å². The lowest BCUT2D eigenvalue weighted by molar-refractivity contribution is -0.119. The molecule has 4 aromatic rings. The topological polar surface area (TPSA) is 64.0 Å². The summed E-state index contributed by atoms with van der Waals surface area (Å²) in [6.45, 7) is 3.90. The Bertz CT molecular complexity index is 1290. The van der Waals surface area contributed by atoms with E-state index in [-0.39, 0.29) is 29.3 Å². The molecular formula is C27H27N3O2S. The van der Waals surface area contributed by atoms with E-state index in [2.05, 4.69) is 22.4 Å². The van der Waals surface area contributed by atoms with Crippen LogP contribution in [-0.4, -0.2) is 21.2 Å². The lowest BCUT2D eigenvalue weighted by Gasteiger charge is -2.20. The van der Waals surface area contributed by atoms with Gasteiger partial charge in [0.2, 0.25) is 5.91 Å². The van der Waals surface area contributed by atoms with Crippen LogP contribution in [0.25, 0.3) is 10.9 Å². The average Bonchev–Trinajstić information content (AvgIpc) is 2.83. The second-order valence-corrected chi connectivity index (χ2v) is 9.13. The molecule has 1 unspecified atom stereocenters. The Morgan fingerprint density at radius 2 is 1.58 bits per heavy atom. The molecule has 168 valence electrons. The predicted octanol–water partition coefficient (Wildman–Crippen LogP) is 5.17. The molecule has 0 aliphatic heterocycles. The minimum atomic E-state index is -0.140. The van der Waals surface area contributed by atoms with E-state index in [4.69, 9.17) is 0 Å². The van der Waals surface area contributed by atoms with E-state index in [1.54, 1.807) is 10.6 Å². The van der Waals surface area contributed by atoms with E-state index in [0.29, 0.717) is 22.5 Å². The Hall–Kier alpha value is -3.38. The maximum absolute atomic E-state index is 13.0. The number of nitrogens with one attached hydrogen (secondary N) is 1. The van der Waals surface area contributed by atoms with Crippen molar-refractivity contribution in [3.05, 3.63) is 106 Å². The molecule has 3 aromatic carbocycles. The molecule has 6 heteroatoms. The van der Waals surface area contributed by atoms with Crippen molar-refractivity contribution in [3.8, 4) is 0 Å². The molecule has 0 saturated heterocycles. The summed E-state index contributed by atoms with van der Waals surface area (Å²) in [6.07, 6.45) is 0.701. The number of benzene rings is 3. The molecule has 33 heavy (non-hydrogen) atoms. The van der Waals surface area contributed by atoms with E-state index >= 15 is 0 Å². The van der Waals surface area contributed by atoms with Gasteiger partial charge in [-0.3, -0.25) is 14.2 Å². The summed E-state index contributed by atoms with van der Waals surface area (Å²) < 4.78 is 1.67. The van der Waals surface area contributed by atoms with E-state index < -0.39 is 0 Å². The van der Waals surface area contributed by atoms with Crippen LogP contribution in [0.15, 0.2) is 94.9 Å². The summed E-state index contributed by atoms with van der Waals surface area (Å²) >= 11 is 1.30. The molecule has 0 radical (unpaired) electrons. The molecule has 0 aliphatic rings. The number of para-hydroxylation sites is 1. The summed E-state index contributed by atoms with van der Waals surface area (Å²) in [7, 11) is 0. The van der Waals surface area contributed by atoms with E-state index in [1.807, 2.05) is 80.6 Å². The van der Waals surface area contributed by atoms with Crippen molar-refractivity contribution in [1.29, 1.82) is 0 Å². The molecule has 1 aromatic heterocycles. The van der Waals surface area contributed by atoms with Gasteiger partial charge in [0, 0.05) is 6.04 Å². The van der Waals surface area contributed by atoms with Crippen LogP contribution in [0.1, 0.15) is 37.1 Å². The minimum absolute atomic E-state index is 0.0599. The van der Waals surface area contributed by atoms with Gasteiger partial charge in [0.1, 0.15) is 0 Å². The first-order valence-electron chi connectivity index (χ1n) is 11.0. The average molecular weight is 458 g/mol. The Kier molecular flexibility index (Phi) is 7.25. The lowest BCUT2D eigenvalue weighted by Crippen LogP contribution is -2.32. The predicted molar refractivity (Wildman–Crippen MR) is 135 cm³/mol. The van der Waals surface area contributed by atoms with Crippen molar-refractivity contribution >= 4 is 28.6 Å². The third-order valence-electron chi connectivity index (χ3n) is 5.44. The minimum Gasteiger partial charge on any atom is -0.348 e. The quantitative estimate of drug-likeness (QED) is 0.293. The zero-order valence-corrected chi connectivity index (χ0v) is 19.6. The van der Waals surface area contributed by atoms with Crippen LogP contribution in [-0.2, 0) is 11.2 Å². The standard InChI is InChI=1S/C27H27N3O2S/c1-19(2)30-26(32)22-15-9-10-16-23(22)29-27(30)33-18-25(31)28-24(21-13-7-4-8-14-21)17-20-11-5-3-6-12-20/h3-16,19,24H,17-18H2,1-2H3,(H,28,31). The van der Waals surface area contributed by atoms with Gasteiger partial charge >= 0.3 is 0 Å². The van der Waals surface area contributed by atoms with E-state index in [9.17, 15) is 9.59 Å². The molecule has 0 saturated carbocycles. The van der Waals surface area contributed by atoms with Crippen LogP contribution in [0.5, 0.6) is 0 Å². The normalized spacial score (nSPS) is 12.1. The number of amides is 1. The number of thioether (sulfide) groups is 1. The number of aromatic nitrogens is 2. The monoisotopic (exact) mass is 457 g/mol. The molecule has 1 N–H and O–H groups in total. The molecule has 0 aliphatic carbocycles. The second kappa shape index (κ2) is 10.5. The summed E-state index contributed by atoms with van der Waals surface area (Å²) in [5.74, 6) is 0.0813. The maximum atomic E-state index is 13.0. The fourth-order valence-electron chi connectivity index (χ4n) is 3.84. The van der Waals surface area contributed by atoms with Crippen LogP contribution in [0, 0.1) is 0 Å². The fraction of sp³-hybridized carbons (Fsp3) is 0.222. The molecular weight excluding hydrogens is 430 g/mol. The van der Waals surface area contributed by atoms with Crippen LogP contribution < -0.4 is 10.9 Å². The molecule has 4 rings (SSSR count). The van der Waals surface area contributed by atoms with Crippen molar-refractivity contribution in [3.63, 3.8) is 0 Å². The number of nitrogens with zero attached hydrogens (tertiary/aromatic N) is 2. The largest absolute Gasteiger partial charge is 0.348 e. The van der Waals surface area contributed by atoms with Gasteiger partial charge in [-0.1, -0.05) is 84.6 Å². The number of hydrogen-bond donors (Lipinski definition) is 1. The molecule has 0 spiro atoms. The summed E-state index contributed by atoms with van der Waals surface area (Å²) in [4.78, 5) is 30.7. The van der Waals surface area contributed by atoms with Gasteiger partial charge in [0.15, 0.2) is 5.16 Å². The SMILES string of the molecule is CC(C)n1c(SCC(=O)NC(Cc2ccccc2)c2ccccc2)nc2ccccc2c1=O. The zero-order chi connectivity index (χ0) is 23.2. The van der Waals surface area contributed by atoms with Crippen molar-refractivity contribution < 1.29 is 4.79 Å². The third-order valence-corrected chi connectivity index (χ3v) is 6.40. The second-order valence-electron chi connectivity index (χ2n) is 8.19. The van der Waals surface area contributed by atoms with Crippen molar-refractivity contribution in [2.75, 3.05) is 5.75 Å². The lowest BCUT2D eigenvalue weighted by atomic mass is 9.99. The Labute approximate surface area is 197 Å². The smallest absolute Gasteiger partial charge is 0.262 e. The molecule has 5 nitrogen and oxygen atoms in total. The van der Waals surface area contributed by atoms with Gasteiger partial charge in [-0.2, -0.15) is 0 Å². The summed E-state index contributed by atoms with van der Waals surface area (Å²) in [5, 5.41) is 4.33. The number of carbonyl (C=O) groups is 1. The van der Waals surface area contributed by atoms with Crippen LogP contribution in [0.3, 0.4) is 0 Å². The highest BCUT2D eigenvalue weighted by Gasteiger charge is 2.18. The first-order chi connectivity index (χ1) is 16.0. The first-order valence-corrected chi connectivity index (χ1v) is 12.0. The van der Waals surface area contributed by atoms with Gasteiger partial charge in [-0.15, -0.1) is 0 Å². The molecule has 1 amide bonds. The highest BCUT2D eigenvalue weighted by molar-refractivity contribution is 7.99. The fourth-order valence-corrected chi connectivity index (χ4v) is 4.78.